The smallest absolute Gasteiger partial charge is 0.352 e. The van der Waals surface area contributed by atoms with Crippen LogP contribution < -0.4 is 10.6 Å². The first-order valence-corrected chi connectivity index (χ1v) is 11.0. The van der Waals surface area contributed by atoms with Crippen LogP contribution >= 0.6 is 23.1 Å². The van der Waals surface area contributed by atoms with Crippen LogP contribution in [0.5, 0.6) is 0 Å². The van der Waals surface area contributed by atoms with Crippen LogP contribution in [-0.4, -0.2) is 81.9 Å². The number of rotatable bonds is 11. The molecule has 1 aromatic heterocycles. The van der Waals surface area contributed by atoms with Crippen LogP contribution in [-0.2, 0) is 28.8 Å². The predicted octanol–water partition coefficient (Wildman–Crippen LogP) is -0.163. The summed E-state index contributed by atoms with van der Waals surface area (Å²) in [5.74, 6) is -2.05. The van der Waals surface area contributed by atoms with Crippen LogP contribution in [0.4, 0.5) is 5.13 Å². The fraction of sp³-hybridized carbons (Fsp3) is 0.412. The van der Waals surface area contributed by atoms with Crippen molar-refractivity contribution in [2.75, 3.05) is 30.9 Å². The number of nitrogens with one attached hydrogen (secondary N) is 2. The zero-order valence-electron chi connectivity index (χ0n) is 16.3. The molecule has 166 valence electrons. The van der Waals surface area contributed by atoms with Crippen LogP contribution in [0.25, 0.3) is 0 Å². The number of oxime groups is 1. The first kappa shape index (κ1) is 22.7. The molecule has 3 heterocycles. The van der Waals surface area contributed by atoms with Gasteiger partial charge in [-0.25, -0.2) is 9.78 Å². The summed E-state index contributed by atoms with van der Waals surface area (Å²) >= 11 is 2.42. The Kier molecular flexibility index (Phi) is 7.59. The summed E-state index contributed by atoms with van der Waals surface area (Å²) in [6, 6.07) is -0.916. The van der Waals surface area contributed by atoms with Crippen molar-refractivity contribution in [3.63, 3.8) is 0 Å². The van der Waals surface area contributed by atoms with Gasteiger partial charge in [0.25, 0.3) is 11.8 Å². The van der Waals surface area contributed by atoms with Crippen LogP contribution in [0.2, 0.25) is 0 Å². The average Bonchev–Trinajstić information content (AvgIpc) is 3.22. The van der Waals surface area contributed by atoms with E-state index in [4.69, 9.17) is 9.57 Å². The first-order chi connectivity index (χ1) is 15.0. The predicted molar refractivity (Wildman–Crippen MR) is 112 cm³/mol. The number of carbonyl (C=O) groups is 4. The topological polar surface area (TPSA) is 160 Å². The third-order valence-electron chi connectivity index (χ3n) is 4.18. The molecule has 0 saturated carbocycles. The van der Waals surface area contributed by atoms with Gasteiger partial charge >= 0.3 is 5.97 Å². The molecule has 0 spiro atoms. The fourth-order valence-corrected chi connectivity index (χ4v) is 4.65. The van der Waals surface area contributed by atoms with E-state index < -0.39 is 29.2 Å². The molecule has 3 N–H and O–H groups in total. The number of carbonyl (C=O) groups excluding carboxylic acids is 3. The molecule has 1 unspecified atom stereocenters. The highest BCUT2D eigenvalue weighted by Crippen LogP contribution is 2.37. The molecule has 0 aromatic carbocycles. The van der Waals surface area contributed by atoms with E-state index in [-0.39, 0.29) is 35.4 Å². The molecule has 1 aromatic rings. The maximum Gasteiger partial charge on any atom is 0.352 e. The molecule has 31 heavy (non-hydrogen) atoms. The maximum atomic E-state index is 12.9. The normalized spacial score (nSPS) is 20.3. The summed E-state index contributed by atoms with van der Waals surface area (Å²) in [6.45, 7) is 2.68. The summed E-state index contributed by atoms with van der Waals surface area (Å²) in [5, 5.41) is 19.3. The minimum absolute atomic E-state index is 0.0928. The molecule has 0 bridgehead atoms. The molecule has 3 amide bonds. The van der Waals surface area contributed by atoms with E-state index in [1.165, 1.54) is 23.2 Å². The second-order valence-electron chi connectivity index (χ2n) is 6.05. The van der Waals surface area contributed by atoms with Crippen molar-refractivity contribution >= 4 is 58.1 Å². The molecule has 14 heteroatoms. The van der Waals surface area contributed by atoms with Crippen molar-refractivity contribution in [2.45, 2.75) is 18.3 Å². The molecule has 2 aliphatic rings. The second-order valence-corrected chi connectivity index (χ2v) is 8.06. The van der Waals surface area contributed by atoms with Gasteiger partial charge in [-0.2, -0.15) is 0 Å². The van der Waals surface area contributed by atoms with Crippen molar-refractivity contribution in [3.8, 4) is 0 Å². The monoisotopic (exact) mass is 469 g/mol. The highest BCUT2D eigenvalue weighted by molar-refractivity contribution is 8.00. The van der Waals surface area contributed by atoms with Crippen molar-refractivity contribution in [1.29, 1.82) is 0 Å². The number of anilines is 1. The summed E-state index contributed by atoms with van der Waals surface area (Å²) in [5.41, 5.74) is -0.140. The summed E-state index contributed by atoms with van der Waals surface area (Å²) < 4.78 is 5.15. The Morgan fingerprint density at radius 3 is 2.97 bits per heavy atom. The van der Waals surface area contributed by atoms with Gasteiger partial charge < -0.3 is 25.3 Å². The Hall–Kier alpha value is -2.97. The molecule has 1 fully saturated rings. The number of fused-ring (bicyclic) bond motifs is 1. The third kappa shape index (κ3) is 5.03. The molecular weight excluding hydrogens is 450 g/mol. The van der Waals surface area contributed by atoms with E-state index in [1.54, 1.807) is 0 Å². The van der Waals surface area contributed by atoms with E-state index in [1.807, 2.05) is 6.92 Å². The number of ether oxygens (including phenoxy) is 1. The van der Waals surface area contributed by atoms with Crippen LogP contribution in [0, 0.1) is 0 Å². The van der Waals surface area contributed by atoms with Gasteiger partial charge in [-0.05, 0) is 13.0 Å². The number of hydrogen-bond donors (Lipinski definition) is 3. The number of nitrogens with zero attached hydrogens (tertiary/aromatic N) is 3. The third-order valence-corrected chi connectivity index (χ3v) is 6.13. The average molecular weight is 470 g/mol. The Balaban J connectivity index is 1.73. The van der Waals surface area contributed by atoms with Crippen molar-refractivity contribution in [3.05, 3.63) is 22.8 Å². The van der Waals surface area contributed by atoms with E-state index >= 15 is 0 Å². The lowest BCUT2D eigenvalue weighted by Crippen LogP contribution is -2.70. The fourth-order valence-electron chi connectivity index (χ4n) is 2.80. The molecule has 12 nitrogen and oxygen atoms in total. The Labute approximate surface area is 184 Å². The van der Waals surface area contributed by atoms with Crippen LogP contribution in [0.15, 0.2) is 22.3 Å². The molecule has 2 aliphatic heterocycles. The number of aliphatic carboxylic acids is 1. The Morgan fingerprint density at radius 1 is 1.45 bits per heavy atom. The summed E-state index contributed by atoms with van der Waals surface area (Å²) in [6.07, 6.45) is 1.91. The van der Waals surface area contributed by atoms with Gasteiger partial charge in [0.1, 0.15) is 29.4 Å². The van der Waals surface area contributed by atoms with Gasteiger partial charge in [0, 0.05) is 17.7 Å². The molecule has 0 aliphatic carbocycles. The van der Waals surface area contributed by atoms with Gasteiger partial charge in [-0.1, -0.05) is 5.16 Å². The molecule has 0 radical (unpaired) electrons. The van der Waals surface area contributed by atoms with Gasteiger partial charge in [-0.3, -0.25) is 19.3 Å². The first-order valence-electron chi connectivity index (χ1n) is 9.10. The second kappa shape index (κ2) is 10.4. The summed E-state index contributed by atoms with van der Waals surface area (Å²) in [4.78, 5) is 57.7. The number of β-lactam (4-membered cyclic amide) rings is 1. The lowest BCUT2D eigenvalue weighted by Gasteiger charge is -2.48. The zero-order chi connectivity index (χ0) is 22.4. The number of hydrogen-bond acceptors (Lipinski definition) is 10. The van der Waals surface area contributed by atoms with Crippen LogP contribution in [0.3, 0.4) is 0 Å². The zero-order valence-corrected chi connectivity index (χ0v) is 17.9. The van der Waals surface area contributed by atoms with E-state index in [2.05, 4.69) is 20.8 Å². The number of aromatic nitrogens is 1. The van der Waals surface area contributed by atoms with E-state index in [0.717, 1.165) is 16.2 Å². The molecule has 2 atom stereocenters. The minimum Gasteiger partial charge on any atom is -0.477 e. The number of carboxylic acids is 1. The quantitative estimate of drug-likeness (QED) is 0.131. The van der Waals surface area contributed by atoms with Gasteiger partial charge in [-0.15, -0.1) is 23.1 Å². The van der Waals surface area contributed by atoms with Gasteiger partial charge in [0.05, 0.1) is 6.61 Å². The molecule has 3 rings (SSSR count). The molecular formula is C17H19N5O7S2. The highest BCUT2D eigenvalue weighted by atomic mass is 32.2. The number of amides is 3. The van der Waals surface area contributed by atoms with Crippen molar-refractivity contribution < 1.29 is 33.9 Å². The number of carboxylic acid groups (broad SMARTS) is 1. The van der Waals surface area contributed by atoms with Crippen LogP contribution in [0.1, 0.15) is 12.6 Å². The lowest BCUT2D eigenvalue weighted by atomic mass is 10.0. The maximum absolute atomic E-state index is 12.9. The van der Waals surface area contributed by atoms with Crippen molar-refractivity contribution in [1.82, 2.24) is 15.2 Å². The Bertz CT molecular complexity index is 932. The van der Waals surface area contributed by atoms with Crippen molar-refractivity contribution in [2.24, 2.45) is 5.16 Å². The SMILES string of the molecule is CCOCCO/N=C(\C(=O)NC1C(=O)N2C(C(=O)O)=CCS[C@H]12)c1csc(NC=O)n1. The van der Waals surface area contributed by atoms with E-state index in [0.29, 0.717) is 18.8 Å². The highest BCUT2D eigenvalue weighted by Gasteiger charge is 2.53. The minimum atomic E-state index is -1.20. The Morgan fingerprint density at radius 2 is 2.26 bits per heavy atom. The largest absolute Gasteiger partial charge is 0.477 e. The van der Waals surface area contributed by atoms with E-state index in [9.17, 15) is 24.3 Å². The number of thioether (sulfide) groups is 1. The lowest BCUT2D eigenvalue weighted by molar-refractivity contribution is -0.150. The van der Waals surface area contributed by atoms with Gasteiger partial charge in [0.2, 0.25) is 6.41 Å². The standard InChI is InChI=1S/C17H19N5O7S2/c1-2-28-4-5-29-21-11(9-7-31-17(19-9)18-8-23)13(24)20-12-14(25)22-10(16(26)27)3-6-30-15(12)22/h3,7-8,12,15H,2,4-6H2,1H3,(H,20,24)(H,26,27)(H,18,19,23)/b21-11-/t12?,15-/m1/s1. The summed E-state index contributed by atoms with van der Waals surface area (Å²) in [7, 11) is 0. The number of thiazole rings is 1. The molecule has 1 saturated heterocycles. The van der Waals surface area contributed by atoms with Gasteiger partial charge in [0.15, 0.2) is 10.8 Å².